The van der Waals surface area contributed by atoms with Crippen LogP contribution < -0.4 is 21.7 Å². The summed E-state index contributed by atoms with van der Waals surface area (Å²) in [6, 6.07) is 12.8. The van der Waals surface area contributed by atoms with Gasteiger partial charge in [0.05, 0.1) is 36.3 Å². The zero-order chi connectivity index (χ0) is 22.8. The van der Waals surface area contributed by atoms with Crippen molar-refractivity contribution in [3.05, 3.63) is 64.7 Å². The lowest BCUT2D eigenvalue weighted by Gasteiger charge is -2.19. The van der Waals surface area contributed by atoms with Crippen molar-refractivity contribution < 1.29 is 19.1 Å². The van der Waals surface area contributed by atoms with Crippen LogP contribution in [0.1, 0.15) is 35.3 Å². The highest BCUT2D eigenvalue weighted by molar-refractivity contribution is 6.33. The second-order valence-electron chi connectivity index (χ2n) is 6.46. The lowest BCUT2D eigenvalue weighted by Crippen LogP contribution is -2.39. The molecule has 2 aromatic carbocycles. The van der Waals surface area contributed by atoms with Crippen molar-refractivity contribution >= 4 is 41.0 Å². The van der Waals surface area contributed by atoms with E-state index in [1.165, 1.54) is 18.2 Å². The van der Waals surface area contributed by atoms with Gasteiger partial charge in [0.1, 0.15) is 0 Å². The number of hydrogen-bond donors (Lipinski definition) is 5. The molecule has 0 radical (unpaired) electrons. The number of carbonyl (C=O) groups excluding carboxylic acids is 3. The molecule has 2 amide bonds. The molecule has 164 valence electrons. The zero-order valence-electron chi connectivity index (χ0n) is 16.9. The molecule has 31 heavy (non-hydrogen) atoms. The number of halogens is 1. The van der Waals surface area contributed by atoms with Gasteiger partial charge in [-0.25, -0.2) is 0 Å². The van der Waals surface area contributed by atoms with Crippen LogP contribution in [0.5, 0.6) is 0 Å². The van der Waals surface area contributed by atoms with E-state index in [1.54, 1.807) is 31.2 Å². The van der Waals surface area contributed by atoms with Gasteiger partial charge >= 0.3 is 5.97 Å². The first kappa shape index (κ1) is 23.7. The van der Waals surface area contributed by atoms with Crippen LogP contribution in [0, 0.1) is 5.41 Å². The van der Waals surface area contributed by atoms with Gasteiger partial charge in [-0.05, 0) is 30.7 Å². The summed E-state index contributed by atoms with van der Waals surface area (Å²) in [5, 5.41) is 15.3. The van der Waals surface area contributed by atoms with Crippen molar-refractivity contribution in [2.75, 3.05) is 18.5 Å². The highest BCUT2D eigenvalue weighted by atomic mass is 35.5. The second-order valence-corrected chi connectivity index (χ2v) is 6.86. The predicted octanol–water partition coefficient (Wildman–Crippen LogP) is 2.19. The van der Waals surface area contributed by atoms with E-state index in [0.717, 1.165) is 5.56 Å². The van der Waals surface area contributed by atoms with E-state index in [2.05, 4.69) is 16.0 Å². The van der Waals surface area contributed by atoms with E-state index >= 15 is 0 Å². The molecular formula is C21H24ClN5O4. The largest absolute Gasteiger partial charge is 0.466 e. The second kappa shape index (κ2) is 11.6. The highest BCUT2D eigenvalue weighted by Crippen LogP contribution is 2.23. The first-order chi connectivity index (χ1) is 14.8. The van der Waals surface area contributed by atoms with Gasteiger partial charge in [-0.2, -0.15) is 0 Å². The van der Waals surface area contributed by atoms with Crippen LogP contribution in [0.2, 0.25) is 5.02 Å². The van der Waals surface area contributed by atoms with Crippen LogP contribution in [-0.2, 0) is 14.3 Å². The van der Waals surface area contributed by atoms with Crippen LogP contribution in [0.15, 0.2) is 48.5 Å². The van der Waals surface area contributed by atoms with Gasteiger partial charge in [0, 0.05) is 5.56 Å². The number of anilines is 1. The molecule has 0 fully saturated rings. The molecule has 1 atom stereocenters. The Morgan fingerprint density at radius 2 is 1.87 bits per heavy atom. The lowest BCUT2D eigenvalue weighted by molar-refractivity contribution is -0.143. The number of carbonyl (C=O) groups is 3. The first-order valence-electron chi connectivity index (χ1n) is 9.48. The standard InChI is InChI=1S/C21H24ClN5O4/c1-2-31-19(29)11-16(13-6-4-3-5-7-13)26-18(28)12-25-20(30)14-8-9-15(22)17(10-14)27-21(23)24/h3-10,16H,2,11-12H2,1H3,(H,25,30)(H,26,28)(H4,23,24,27). The molecule has 9 nitrogen and oxygen atoms in total. The fourth-order valence-corrected chi connectivity index (χ4v) is 2.90. The molecule has 0 aromatic heterocycles. The number of nitrogens with two attached hydrogens (primary N) is 1. The van der Waals surface area contributed by atoms with Crippen LogP contribution in [0.4, 0.5) is 5.69 Å². The monoisotopic (exact) mass is 445 g/mol. The quantitative estimate of drug-likeness (QED) is 0.227. The van der Waals surface area contributed by atoms with Gasteiger partial charge in [-0.15, -0.1) is 0 Å². The molecule has 0 bridgehead atoms. The summed E-state index contributed by atoms with van der Waals surface area (Å²) in [6.45, 7) is 1.65. The van der Waals surface area contributed by atoms with Crippen LogP contribution in [0.3, 0.4) is 0 Å². The molecule has 0 saturated heterocycles. The number of guanidine groups is 1. The van der Waals surface area contributed by atoms with E-state index in [4.69, 9.17) is 27.5 Å². The molecule has 2 aromatic rings. The van der Waals surface area contributed by atoms with Crippen molar-refractivity contribution in [2.24, 2.45) is 5.73 Å². The lowest BCUT2D eigenvalue weighted by atomic mass is 10.0. The molecular weight excluding hydrogens is 422 g/mol. The van der Waals surface area contributed by atoms with Gasteiger partial charge in [0.15, 0.2) is 5.96 Å². The Bertz CT molecular complexity index is 952. The Labute approximate surface area is 184 Å². The number of amides is 2. The molecule has 0 aliphatic carbocycles. The van der Waals surface area contributed by atoms with Gasteiger partial charge in [-0.1, -0.05) is 41.9 Å². The highest BCUT2D eigenvalue weighted by Gasteiger charge is 2.19. The van der Waals surface area contributed by atoms with Gasteiger partial charge in [0.25, 0.3) is 5.91 Å². The van der Waals surface area contributed by atoms with Crippen molar-refractivity contribution in [1.29, 1.82) is 5.41 Å². The number of hydrogen-bond acceptors (Lipinski definition) is 5. The normalized spacial score (nSPS) is 11.2. The Balaban J connectivity index is 2.00. The maximum Gasteiger partial charge on any atom is 0.308 e. The third kappa shape index (κ3) is 7.63. The summed E-state index contributed by atoms with van der Waals surface area (Å²) in [6.07, 6.45) is -0.0329. The number of benzene rings is 2. The summed E-state index contributed by atoms with van der Waals surface area (Å²) >= 11 is 6.00. The summed E-state index contributed by atoms with van der Waals surface area (Å²) < 4.78 is 4.98. The number of nitrogens with one attached hydrogen (secondary N) is 4. The fraction of sp³-hybridized carbons (Fsp3) is 0.238. The molecule has 0 heterocycles. The molecule has 0 aliphatic rings. The van der Waals surface area contributed by atoms with Gasteiger partial charge in [0.2, 0.25) is 5.91 Å². The topological polar surface area (TPSA) is 146 Å². The van der Waals surface area contributed by atoms with Gasteiger partial charge < -0.3 is 26.4 Å². The van der Waals surface area contributed by atoms with Crippen molar-refractivity contribution in [1.82, 2.24) is 10.6 Å². The van der Waals surface area contributed by atoms with Gasteiger partial charge in [-0.3, -0.25) is 19.8 Å². The summed E-state index contributed by atoms with van der Waals surface area (Å²) in [7, 11) is 0. The van der Waals surface area contributed by atoms with E-state index in [1.807, 2.05) is 6.07 Å². The Hall–Kier alpha value is -3.59. The Morgan fingerprint density at radius 1 is 1.16 bits per heavy atom. The van der Waals surface area contributed by atoms with Crippen molar-refractivity contribution in [2.45, 2.75) is 19.4 Å². The number of ether oxygens (including phenoxy) is 1. The molecule has 1 unspecified atom stereocenters. The molecule has 10 heteroatoms. The molecule has 6 N–H and O–H groups in total. The molecule has 0 saturated carbocycles. The molecule has 0 aliphatic heterocycles. The Kier molecular flexibility index (Phi) is 8.83. The molecule has 2 rings (SSSR count). The molecule has 0 spiro atoms. The van der Waals surface area contributed by atoms with E-state index in [-0.39, 0.29) is 36.1 Å². The first-order valence-corrected chi connectivity index (χ1v) is 9.86. The minimum Gasteiger partial charge on any atom is -0.466 e. The maximum absolute atomic E-state index is 12.4. The smallest absolute Gasteiger partial charge is 0.308 e. The average molecular weight is 446 g/mol. The SMILES string of the molecule is CCOC(=O)CC(NC(=O)CNC(=O)c1ccc(Cl)c(NC(=N)N)c1)c1ccccc1. The van der Waals surface area contributed by atoms with Crippen LogP contribution >= 0.6 is 11.6 Å². The van der Waals surface area contributed by atoms with E-state index in [9.17, 15) is 14.4 Å². The maximum atomic E-state index is 12.4. The summed E-state index contributed by atoms with van der Waals surface area (Å²) in [5.41, 5.74) is 6.56. The van der Waals surface area contributed by atoms with E-state index in [0.29, 0.717) is 5.69 Å². The minimum atomic E-state index is -0.591. The predicted molar refractivity (Wildman–Crippen MR) is 118 cm³/mol. The Morgan fingerprint density at radius 3 is 2.52 bits per heavy atom. The van der Waals surface area contributed by atoms with E-state index < -0.39 is 23.8 Å². The average Bonchev–Trinajstić information content (AvgIpc) is 2.73. The van der Waals surface area contributed by atoms with Crippen molar-refractivity contribution in [3.63, 3.8) is 0 Å². The van der Waals surface area contributed by atoms with Crippen LogP contribution in [-0.4, -0.2) is 36.9 Å². The third-order valence-corrected chi connectivity index (χ3v) is 4.45. The summed E-state index contributed by atoms with van der Waals surface area (Å²) in [5.74, 6) is -1.75. The zero-order valence-corrected chi connectivity index (χ0v) is 17.7. The third-order valence-electron chi connectivity index (χ3n) is 4.12. The van der Waals surface area contributed by atoms with Crippen LogP contribution in [0.25, 0.3) is 0 Å². The number of rotatable bonds is 9. The number of esters is 1. The fourth-order valence-electron chi connectivity index (χ4n) is 2.74. The minimum absolute atomic E-state index is 0.0329. The van der Waals surface area contributed by atoms with Crippen molar-refractivity contribution in [3.8, 4) is 0 Å². The summed E-state index contributed by atoms with van der Waals surface area (Å²) in [4.78, 5) is 36.7.